The number of carbonyl (C=O) groups is 1. The molecule has 1 amide bonds. The molecule has 4 aromatic rings. The monoisotopic (exact) mass is 1410 g/mol. The van der Waals surface area contributed by atoms with Gasteiger partial charge in [0.25, 0.3) is 0 Å². The van der Waals surface area contributed by atoms with Crippen molar-refractivity contribution in [2.24, 2.45) is 11.8 Å². The number of halogens is 2. The van der Waals surface area contributed by atoms with Gasteiger partial charge in [-0.3, -0.25) is 4.90 Å². The number of para-hydroxylation sites is 1. The summed E-state index contributed by atoms with van der Waals surface area (Å²) in [6.07, 6.45) is 32.5. The summed E-state index contributed by atoms with van der Waals surface area (Å²) in [7, 11) is 12.3. The number of nitrogens with zero attached hydrogens (tertiary/aromatic N) is 5. The number of fused-ring (bicyclic) bond motifs is 4. The molecule has 14 rings (SSSR count). The Balaban J connectivity index is 0.000000134. The third-order valence-electron chi connectivity index (χ3n) is 25.3. The molecular formula is C82H121Cl2N5O10. The van der Waals surface area contributed by atoms with Gasteiger partial charge >= 0.3 is 6.09 Å². The second-order valence-corrected chi connectivity index (χ2v) is 31.0. The maximum Gasteiger partial charge on any atom is 0.410 e. The zero-order chi connectivity index (χ0) is 69.3. The number of ether oxygens (including phenoxy) is 9. The summed E-state index contributed by atoms with van der Waals surface area (Å²) < 4.78 is 50.6. The Morgan fingerprint density at radius 3 is 1.54 bits per heavy atom. The van der Waals surface area contributed by atoms with Crippen LogP contribution in [-0.4, -0.2) is 189 Å². The number of likely N-dealkylation sites (tertiary alicyclic amines) is 4. The van der Waals surface area contributed by atoms with Crippen LogP contribution in [0.4, 0.5) is 4.79 Å². The lowest BCUT2D eigenvalue weighted by Gasteiger charge is -2.45. The fourth-order valence-corrected chi connectivity index (χ4v) is 20.0. The minimum Gasteiger partial charge on any atom is -0.497 e. The molecular weight excluding hydrogens is 1290 g/mol. The van der Waals surface area contributed by atoms with Crippen LogP contribution >= 0.6 is 23.2 Å². The second-order valence-electron chi connectivity index (χ2n) is 30.2. The van der Waals surface area contributed by atoms with Gasteiger partial charge in [-0.05, 0) is 251 Å². The highest BCUT2D eigenvalue weighted by Crippen LogP contribution is 2.48. The molecule has 5 unspecified atom stereocenters. The number of piperidine rings is 4. The molecule has 0 N–H and O–H groups in total. The molecule has 7 saturated heterocycles. The van der Waals surface area contributed by atoms with E-state index in [9.17, 15) is 4.79 Å². The van der Waals surface area contributed by atoms with E-state index in [1.807, 2.05) is 62.6 Å². The van der Waals surface area contributed by atoms with E-state index in [0.717, 1.165) is 191 Å². The summed E-state index contributed by atoms with van der Waals surface area (Å²) in [5.41, 5.74) is 4.28. The van der Waals surface area contributed by atoms with Gasteiger partial charge in [0.2, 0.25) is 0 Å². The molecule has 17 heteroatoms. The molecule has 7 heterocycles. The Labute approximate surface area is 604 Å². The van der Waals surface area contributed by atoms with E-state index in [0.29, 0.717) is 42.6 Å². The number of amides is 1. The van der Waals surface area contributed by atoms with E-state index in [1.54, 1.807) is 42.7 Å². The lowest BCUT2D eigenvalue weighted by Crippen LogP contribution is -2.49. The normalized spacial score (nSPS) is 26.6. The van der Waals surface area contributed by atoms with Crippen molar-refractivity contribution in [3.05, 3.63) is 111 Å². The molecule has 3 saturated carbocycles. The zero-order valence-electron chi connectivity index (χ0n) is 61.5. The molecule has 3 aliphatic carbocycles. The quantitative estimate of drug-likeness (QED) is 0.106. The first kappa shape index (κ1) is 75.6. The summed E-state index contributed by atoms with van der Waals surface area (Å²) in [6.45, 7) is 13.2. The maximum absolute atomic E-state index is 12.4. The van der Waals surface area contributed by atoms with Gasteiger partial charge in [0.05, 0.1) is 53.4 Å². The van der Waals surface area contributed by atoms with E-state index in [2.05, 4.69) is 54.8 Å². The van der Waals surface area contributed by atoms with Gasteiger partial charge < -0.3 is 62.2 Å². The Morgan fingerprint density at radius 2 is 0.970 bits per heavy atom. The maximum atomic E-state index is 12.4. The van der Waals surface area contributed by atoms with E-state index in [4.69, 9.17) is 65.8 Å². The first-order chi connectivity index (χ1) is 48.4. The van der Waals surface area contributed by atoms with Gasteiger partial charge in [0.1, 0.15) is 28.7 Å². The van der Waals surface area contributed by atoms with E-state index < -0.39 is 0 Å². The number of benzene rings is 4. The Hall–Kier alpha value is -4.55. The molecule has 6 atom stereocenters. The summed E-state index contributed by atoms with van der Waals surface area (Å²) in [4.78, 5) is 25.3. The van der Waals surface area contributed by atoms with Crippen molar-refractivity contribution in [1.82, 2.24) is 24.5 Å². The van der Waals surface area contributed by atoms with Crippen LogP contribution in [0.25, 0.3) is 0 Å². The number of hydrogen-bond acceptors (Lipinski definition) is 14. The topological polar surface area (TPSA) is 116 Å². The highest BCUT2D eigenvalue weighted by Gasteiger charge is 2.45. The van der Waals surface area contributed by atoms with E-state index in [1.165, 1.54) is 127 Å². The number of methoxy groups -OCH3 is 7. The van der Waals surface area contributed by atoms with Crippen LogP contribution in [0.2, 0.25) is 10.0 Å². The Kier molecular flexibility index (Phi) is 28.1. The molecule has 0 radical (unpaired) electrons. The number of hydrogen-bond donors (Lipinski definition) is 0. The average molecular weight is 1410 g/mol. The third kappa shape index (κ3) is 18.5. The fraction of sp³-hybridized carbons (Fsp3) is 0.695. The van der Waals surface area contributed by atoms with Gasteiger partial charge in [0, 0.05) is 117 Å². The van der Waals surface area contributed by atoms with Gasteiger partial charge in [-0.1, -0.05) is 79.9 Å². The minimum absolute atomic E-state index is 0.0921. The highest BCUT2D eigenvalue weighted by molar-refractivity contribution is 6.31. The van der Waals surface area contributed by atoms with Gasteiger partial charge in [0.15, 0.2) is 0 Å². The van der Waals surface area contributed by atoms with Crippen molar-refractivity contribution in [1.29, 1.82) is 0 Å². The van der Waals surface area contributed by atoms with Crippen LogP contribution in [0.1, 0.15) is 208 Å². The first-order valence-electron chi connectivity index (χ1n) is 38.5. The van der Waals surface area contributed by atoms with Crippen molar-refractivity contribution >= 4 is 29.3 Å². The number of carbonyl (C=O) groups excluding carboxylic acids is 1. The predicted octanol–water partition coefficient (Wildman–Crippen LogP) is 17.4. The summed E-state index contributed by atoms with van der Waals surface area (Å²) in [6, 6.07) is 30.0. The minimum atomic E-state index is -0.308. The van der Waals surface area contributed by atoms with Crippen molar-refractivity contribution in [2.75, 3.05) is 122 Å². The Morgan fingerprint density at radius 1 is 0.455 bits per heavy atom. The number of rotatable bonds is 16. The molecule has 10 fully saturated rings. The van der Waals surface area contributed by atoms with Crippen molar-refractivity contribution in [3.8, 4) is 28.7 Å². The molecule has 4 aromatic carbocycles. The van der Waals surface area contributed by atoms with Crippen molar-refractivity contribution in [3.63, 3.8) is 0 Å². The van der Waals surface area contributed by atoms with Crippen molar-refractivity contribution in [2.45, 2.75) is 233 Å². The standard InChI is InChI=1S/C23H34N2O3.C22H33NO2.C19H28ClNO2.C18H26ClNO3/c1-3-28-23(26)25-18-8-10-19(16-20(25)11-9-18)24-14-12-17(13-15-24)21-6-4-5-7-22(21)27-2;1-24-19-8-9-22(25-2)20(15-19)17-10-12-23(13-11-17)21-5-3-4-16-6-7-18(21)14-16;1-22-18-9-8-15(20)14-17(18)19(23-2)10-12-21(13-11-19)16-6-4-3-5-7-16;1-21-17-4-3-14(19)13-16(17)18(22-2)7-9-20(10-8-18)15-5-11-23-12-6-15/h4-7,17-20H,3,8-16H2,1-2H3;8-9,15-18,21H,3-7,10-14H2,1-2H3;8-9,14,16H,3-7,10-13H2,1-2H3;3-4,13,15H,5-12H2,1-2H3/t;16-,18?,21?;;/m.0../s1. The van der Waals surface area contributed by atoms with Crippen LogP contribution in [-0.2, 0) is 30.1 Å². The summed E-state index contributed by atoms with van der Waals surface area (Å²) >= 11 is 12.5. The van der Waals surface area contributed by atoms with Crippen LogP contribution in [0.3, 0.4) is 0 Å². The van der Waals surface area contributed by atoms with Crippen LogP contribution in [0.5, 0.6) is 28.7 Å². The molecule has 7 aliphatic heterocycles. The smallest absolute Gasteiger partial charge is 0.410 e. The van der Waals surface area contributed by atoms with Crippen LogP contribution in [0, 0.1) is 11.8 Å². The molecule has 15 nitrogen and oxygen atoms in total. The lowest BCUT2D eigenvalue weighted by atomic mass is 9.82. The molecule has 0 spiro atoms. The van der Waals surface area contributed by atoms with E-state index >= 15 is 0 Å². The van der Waals surface area contributed by atoms with E-state index in [-0.39, 0.29) is 17.3 Å². The lowest BCUT2D eigenvalue weighted by molar-refractivity contribution is -0.0784. The average Bonchev–Trinajstić information content (AvgIpc) is 1.48. The largest absolute Gasteiger partial charge is 0.497 e. The molecule has 10 aliphatic rings. The summed E-state index contributed by atoms with van der Waals surface area (Å²) in [5.74, 6) is 7.94. The molecule has 548 valence electrons. The molecule has 4 bridgehead atoms. The van der Waals surface area contributed by atoms with Crippen LogP contribution < -0.4 is 23.7 Å². The second kappa shape index (κ2) is 36.7. The van der Waals surface area contributed by atoms with Gasteiger partial charge in [-0.25, -0.2) is 4.79 Å². The molecule has 0 aromatic heterocycles. The molecule has 99 heavy (non-hydrogen) atoms. The Bertz CT molecular complexity index is 3020. The SMILES string of the molecule is CCOC(=O)N1C2CCC(N3CCC(c4ccccc4OC)CC3)CC1CC2.COc1ccc(Cl)cc1C1(OC)CCN(C2CCCCC2)CC1.COc1ccc(Cl)cc1C1(OC)CCN(C2CCOCC2)CC1.COc1ccc(OC)c(C2CCN(C3CCC[C@H]4CCC3C4)CC2)c1. The van der Waals surface area contributed by atoms with Gasteiger partial charge in [-0.2, -0.15) is 0 Å². The fourth-order valence-electron chi connectivity index (χ4n) is 19.7. The third-order valence-corrected chi connectivity index (χ3v) is 25.8. The van der Waals surface area contributed by atoms with Crippen molar-refractivity contribution < 1.29 is 47.4 Å². The van der Waals surface area contributed by atoms with Gasteiger partial charge in [-0.15, -0.1) is 0 Å². The predicted molar refractivity (Wildman–Crippen MR) is 397 cm³/mol. The van der Waals surface area contributed by atoms with Crippen LogP contribution in [0.15, 0.2) is 78.9 Å². The first-order valence-corrected chi connectivity index (χ1v) is 39.2. The zero-order valence-corrected chi connectivity index (χ0v) is 63.0. The highest BCUT2D eigenvalue weighted by atomic mass is 35.5. The summed E-state index contributed by atoms with van der Waals surface area (Å²) in [5, 5.41) is 1.47.